The zero-order valence-corrected chi connectivity index (χ0v) is 16.0. The van der Waals surface area contributed by atoms with Crippen LogP contribution in [0.3, 0.4) is 0 Å². The van der Waals surface area contributed by atoms with Gasteiger partial charge in [-0.1, -0.05) is 56.7 Å². The van der Waals surface area contributed by atoms with Gasteiger partial charge in [-0.3, -0.25) is 20.4 Å². The molecule has 26 heavy (non-hydrogen) atoms. The first-order valence-corrected chi connectivity index (χ1v) is 8.57. The van der Waals surface area contributed by atoms with Gasteiger partial charge in [-0.15, -0.1) is 0 Å². The second-order valence-electron chi connectivity index (χ2n) is 7.36. The number of rotatable bonds is 4. The highest BCUT2D eigenvalue weighted by atomic mass is 16.5. The van der Waals surface area contributed by atoms with Crippen LogP contribution in [0.15, 0.2) is 42.5 Å². The Balaban J connectivity index is 1.91. The first-order valence-electron chi connectivity index (χ1n) is 8.57. The van der Waals surface area contributed by atoms with Crippen molar-refractivity contribution in [2.75, 3.05) is 6.61 Å². The van der Waals surface area contributed by atoms with Crippen LogP contribution in [0.25, 0.3) is 0 Å². The van der Waals surface area contributed by atoms with Gasteiger partial charge in [0.1, 0.15) is 5.75 Å². The van der Waals surface area contributed by atoms with E-state index in [1.807, 2.05) is 50.2 Å². The molecule has 0 aliphatic carbocycles. The predicted octanol–water partition coefficient (Wildman–Crippen LogP) is 3.44. The average molecular weight is 354 g/mol. The fourth-order valence-electron chi connectivity index (χ4n) is 2.65. The summed E-state index contributed by atoms with van der Waals surface area (Å²) in [6.07, 6.45) is 0. The van der Waals surface area contributed by atoms with E-state index in [1.165, 1.54) is 0 Å². The fraction of sp³-hybridized carbons (Fsp3) is 0.333. The minimum absolute atomic E-state index is 0.0930. The molecule has 138 valence electrons. The molecule has 0 bridgehead atoms. The fourth-order valence-corrected chi connectivity index (χ4v) is 2.65. The lowest BCUT2D eigenvalue weighted by Crippen LogP contribution is -2.44. The van der Waals surface area contributed by atoms with E-state index < -0.39 is 5.91 Å². The molecule has 0 aliphatic heterocycles. The summed E-state index contributed by atoms with van der Waals surface area (Å²) in [7, 11) is 0. The van der Waals surface area contributed by atoms with Crippen LogP contribution < -0.4 is 15.6 Å². The Kier molecular flexibility index (Phi) is 6.03. The van der Waals surface area contributed by atoms with Gasteiger partial charge in [0.05, 0.1) is 0 Å². The SMILES string of the molecule is Cc1ccc(C(=O)NNC(=O)COc2ccccc2C(C)(C)C)c(C)c1. The Hall–Kier alpha value is -2.82. The van der Waals surface area contributed by atoms with Crippen molar-refractivity contribution in [3.63, 3.8) is 0 Å². The van der Waals surface area contributed by atoms with Gasteiger partial charge in [0.25, 0.3) is 11.8 Å². The molecule has 5 nitrogen and oxygen atoms in total. The van der Waals surface area contributed by atoms with Crippen molar-refractivity contribution < 1.29 is 14.3 Å². The van der Waals surface area contributed by atoms with Gasteiger partial charge in [-0.05, 0) is 42.5 Å². The number of nitrogens with one attached hydrogen (secondary N) is 2. The maximum Gasteiger partial charge on any atom is 0.276 e. The maximum absolute atomic E-state index is 12.2. The molecular formula is C21H26N2O3. The summed E-state index contributed by atoms with van der Waals surface area (Å²) in [5.74, 6) is -0.117. The third-order valence-electron chi connectivity index (χ3n) is 4.00. The minimum Gasteiger partial charge on any atom is -0.483 e. The summed E-state index contributed by atoms with van der Waals surface area (Å²) in [4.78, 5) is 24.2. The van der Waals surface area contributed by atoms with Gasteiger partial charge in [0.2, 0.25) is 0 Å². The normalized spacial score (nSPS) is 11.0. The van der Waals surface area contributed by atoms with Crippen LogP contribution in [0.1, 0.15) is 47.8 Å². The van der Waals surface area contributed by atoms with Crippen molar-refractivity contribution in [1.82, 2.24) is 10.9 Å². The molecule has 0 aromatic heterocycles. The number of hydrogen-bond acceptors (Lipinski definition) is 3. The number of para-hydroxylation sites is 1. The molecule has 2 rings (SSSR count). The van der Waals surface area contributed by atoms with Gasteiger partial charge in [-0.25, -0.2) is 0 Å². The molecule has 0 aliphatic rings. The summed E-state index contributed by atoms with van der Waals surface area (Å²) >= 11 is 0. The van der Waals surface area contributed by atoms with Gasteiger partial charge in [-0.2, -0.15) is 0 Å². The zero-order chi connectivity index (χ0) is 19.3. The van der Waals surface area contributed by atoms with Gasteiger partial charge >= 0.3 is 0 Å². The largest absolute Gasteiger partial charge is 0.483 e. The van der Waals surface area contributed by atoms with Crippen molar-refractivity contribution in [2.45, 2.75) is 40.0 Å². The molecule has 5 heteroatoms. The lowest BCUT2D eigenvalue weighted by molar-refractivity contribution is -0.123. The molecule has 0 heterocycles. The van der Waals surface area contributed by atoms with E-state index >= 15 is 0 Å². The summed E-state index contributed by atoms with van der Waals surface area (Å²) < 4.78 is 5.64. The second kappa shape index (κ2) is 8.04. The molecule has 0 spiro atoms. The molecule has 2 N–H and O–H groups in total. The Morgan fingerprint density at radius 1 is 1.00 bits per heavy atom. The number of benzene rings is 2. The number of hydrazine groups is 1. The molecule has 0 fully saturated rings. The van der Waals surface area contributed by atoms with Crippen molar-refractivity contribution in [1.29, 1.82) is 0 Å². The smallest absolute Gasteiger partial charge is 0.276 e. The van der Waals surface area contributed by atoms with E-state index in [1.54, 1.807) is 6.07 Å². The van der Waals surface area contributed by atoms with Gasteiger partial charge in [0.15, 0.2) is 6.61 Å². The lowest BCUT2D eigenvalue weighted by atomic mass is 9.86. The Morgan fingerprint density at radius 2 is 1.69 bits per heavy atom. The number of ether oxygens (including phenoxy) is 1. The number of hydrogen-bond donors (Lipinski definition) is 2. The monoisotopic (exact) mass is 354 g/mol. The van der Waals surface area contributed by atoms with Gasteiger partial charge < -0.3 is 4.74 Å². The highest BCUT2D eigenvalue weighted by molar-refractivity contribution is 5.96. The molecule has 0 radical (unpaired) electrons. The van der Waals surface area contributed by atoms with E-state index in [4.69, 9.17) is 4.74 Å². The quantitative estimate of drug-likeness (QED) is 0.827. The molecule has 2 aromatic carbocycles. The molecule has 0 saturated carbocycles. The van der Waals surface area contributed by atoms with Crippen molar-refractivity contribution in [3.8, 4) is 5.75 Å². The number of aryl methyl sites for hydroxylation is 2. The van der Waals surface area contributed by atoms with Crippen LogP contribution in [0.5, 0.6) is 5.75 Å². The van der Waals surface area contributed by atoms with E-state index in [0.29, 0.717) is 11.3 Å². The molecule has 2 amide bonds. The topological polar surface area (TPSA) is 67.4 Å². The van der Waals surface area contributed by atoms with Crippen molar-refractivity contribution in [3.05, 3.63) is 64.7 Å². The molecule has 0 atom stereocenters. The Bertz CT molecular complexity index is 807. The molecule has 0 unspecified atom stereocenters. The van der Waals surface area contributed by atoms with Crippen LogP contribution in [0, 0.1) is 13.8 Å². The van der Waals surface area contributed by atoms with Crippen molar-refractivity contribution in [2.24, 2.45) is 0 Å². The lowest BCUT2D eigenvalue weighted by Gasteiger charge is -2.22. The van der Waals surface area contributed by atoms with Crippen LogP contribution in [-0.4, -0.2) is 18.4 Å². The molecule has 0 saturated heterocycles. The molecular weight excluding hydrogens is 328 g/mol. The Morgan fingerprint density at radius 3 is 2.35 bits per heavy atom. The third kappa shape index (κ3) is 5.09. The summed E-state index contributed by atoms with van der Waals surface area (Å²) in [5.41, 5.74) is 8.19. The van der Waals surface area contributed by atoms with Crippen LogP contribution in [-0.2, 0) is 10.2 Å². The Labute approximate surface area is 154 Å². The zero-order valence-electron chi connectivity index (χ0n) is 16.0. The van der Waals surface area contributed by atoms with E-state index in [9.17, 15) is 9.59 Å². The van der Waals surface area contributed by atoms with Crippen molar-refractivity contribution >= 4 is 11.8 Å². The first-order chi connectivity index (χ1) is 12.2. The summed E-state index contributed by atoms with van der Waals surface area (Å²) in [5, 5.41) is 0. The van der Waals surface area contributed by atoms with Gasteiger partial charge in [0, 0.05) is 5.56 Å². The summed E-state index contributed by atoms with van der Waals surface area (Å²) in [6.45, 7) is 9.89. The third-order valence-corrected chi connectivity index (χ3v) is 4.00. The van der Waals surface area contributed by atoms with E-state index in [0.717, 1.165) is 16.7 Å². The van der Waals surface area contributed by atoms with Crippen LogP contribution in [0.2, 0.25) is 0 Å². The number of amides is 2. The van der Waals surface area contributed by atoms with E-state index in [2.05, 4.69) is 31.6 Å². The van der Waals surface area contributed by atoms with Crippen LogP contribution in [0.4, 0.5) is 0 Å². The van der Waals surface area contributed by atoms with E-state index in [-0.39, 0.29) is 17.9 Å². The first kappa shape index (κ1) is 19.5. The highest BCUT2D eigenvalue weighted by Gasteiger charge is 2.19. The standard InChI is InChI=1S/C21H26N2O3/c1-14-10-11-16(15(2)12-14)20(25)23-22-19(24)13-26-18-9-7-6-8-17(18)21(3,4)5/h6-12H,13H2,1-5H3,(H,22,24)(H,23,25). The number of carbonyl (C=O) groups excluding carboxylic acids is 2. The highest BCUT2D eigenvalue weighted by Crippen LogP contribution is 2.30. The maximum atomic E-state index is 12.2. The minimum atomic E-state index is -0.424. The predicted molar refractivity (Wildman–Crippen MR) is 102 cm³/mol. The summed E-state index contributed by atoms with van der Waals surface area (Å²) in [6, 6.07) is 13.1. The average Bonchev–Trinajstić information content (AvgIpc) is 2.57. The number of carbonyl (C=O) groups is 2. The van der Waals surface area contributed by atoms with Crippen LogP contribution >= 0.6 is 0 Å². The molecule has 2 aromatic rings. The second-order valence-corrected chi connectivity index (χ2v) is 7.36.